The Balaban J connectivity index is 1.59. The smallest absolute Gasteiger partial charge is 0.220 e. The number of nitrogens with one attached hydrogen (secondary N) is 1. The van der Waals surface area contributed by atoms with Crippen LogP contribution in [0.2, 0.25) is 0 Å². The third-order valence-corrected chi connectivity index (χ3v) is 4.41. The molecule has 26 heavy (non-hydrogen) atoms. The number of terminal acetylenes is 1. The monoisotopic (exact) mass is 353 g/mol. The van der Waals surface area contributed by atoms with Gasteiger partial charge >= 0.3 is 0 Å². The van der Waals surface area contributed by atoms with Gasteiger partial charge in [0.05, 0.1) is 5.69 Å². The average Bonchev–Trinajstić information content (AvgIpc) is 3.29. The Morgan fingerprint density at radius 2 is 2.19 bits per heavy atom. The maximum atomic E-state index is 13.7. The first-order valence-corrected chi connectivity index (χ1v) is 8.46. The fraction of sp³-hybridized carbons (Fsp3) is 0.368. The molecular weight excluding hydrogens is 333 g/mol. The molecule has 0 saturated carbocycles. The lowest BCUT2D eigenvalue weighted by molar-refractivity contribution is -0.121. The third kappa shape index (κ3) is 4.14. The fourth-order valence-corrected chi connectivity index (χ4v) is 2.83. The predicted octanol–water partition coefficient (Wildman–Crippen LogP) is 3.29. The van der Waals surface area contributed by atoms with E-state index in [4.69, 9.17) is 6.42 Å². The molecule has 3 rings (SSSR count). The summed E-state index contributed by atoms with van der Waals surface area (Å²) in [7, 11) is 0. The summed E-state index contributed by atoms with van der Waals surface area (Å²) < 4.78 is 15.5. The Kier molecular flexibility index (Phi) is 5.12. The Bertz CT molecular complexity index is 874. The summed E-state index contributed by atoms with van der Waals surface area (Å²) in [5, 5.41) is 10.9. The minimum Gasteiger partial charge on any atom is -0.352 e. The van der Waals surface area contributed by atoms with Crippen molar-refractivity contribution in [3.63, 3.8) is 0 Å². The molecular formula is C19H20FN5O. The maximum Gasteiger partial charge on any atom is 0.220 e. The van der Waals surface area contributed by atoms with E-state index < -0.39 is 5.66 Å². The van der Waals surface area contributed by atoms with E-state index in [1.807, 2.05) is 11.5 Å². The topological polar surface area (TPSA) is 71.6 Å². The lowest BCUT2D eigenvalue weighted by Crippen LogP contribution is -2.25. The van der Waals surface area contributed by atoms with Crippen LogP contribution in [0.4, 0.5) is 4.39 Å². The lowest BCUT2D eigenvalue weighted by Gasteiger charge is -2.14. The third-order valence-electron chi connectivity index (χ3n) is 4.41. The molecule has 0 aliphatic carbocycles. The number of imidazole rings is 1. The van der Waals surface area contributed by atoms with Crippen molar-refractivity contribution in [2.24, 2.45) is 10.2 Å². The van der Waals surface area contributed by atoms with Crippen molar-refractivity contribution in [2.45, 2.75) is 44.8 Å². The van der Waals surface area contributed by atoms with Crippen LogP contribution in [0.1, 0.15) is 37.1 Å². The molecule has 7 heteroatoms. The summed E-state index contributed by atoms with van der Waals surface area (Å²) in [5.74, 6) is 2.88. The van der Waals surface area contributed by atoms with E-state index in [-0.39, 0.29) is 18.3 Å². The van der Waals surface area contributed by atoms with E-state index >= 15 is 0 Å². The minimum absolute atomic E-state index is 0.125. The predicted molar refractivity (Wildman–Crippen MR) is 95.0 cm³/mol. The first-order valence-electron chi connectivity index (χ1n) is 8.46. The van der Waals surface area contributed by atoms with Crippen LogP contribution in [0.15, 0.2) is 40.8 Å². The van der Waals surface area contributed by atoms with E-state index in [9.17, 15) is 9.18 Å². The highest BCUT2D eigenvalue weighted by molar-refractivity contribution is 5.76. The number of halogens is 1. The highest BCUT2D eigenvalue weighted by atomic mass is 19.1. The van der Waals surface area contributed by atoms with Gasteiger partial charge in [0.25, 0.3) is 0 Å². The molecule has 2 aromatic rings. The van der Waals surface area contributed by atoms with Crippen LogP contribution in [0.25, 0.3) is 5.69 Å². The minimum atomic E-state index is -0.471. The van der Waals surface area contributed by atoms with Crippen LogP contribution in [0, 0.1) is 25.1 Å². The van der Waals surface area contributed by atoms with Crippen molar-refractivity contribution < 1.29 is 9.18 Å². The van der Waals surface area contributed by atoms with Crippen LogP contribution < -0.4 is 5.32 Å². The largest absolute Gasteiger partial charge is 0.352 e. The molecule has 1 aromatic heterocycles. The van der Waals surface area contributed by atoms with Gasteiger partial charge in [0.2, 0.25) is 5.91 Å². The van der Waals surface area contributed by atoms with Crippen LogP contribution in [0.5, 0.6) is 0 Å². The zero-order chi connectivity index (χ0) is 18.6. The number of hydrogen-bond donors (Lipinski definition) is 1. The Morgan fingerprint density at radius 1 is 1.38 bits per heavy atom. The summed E-state index contributed by atoms with van der Waals surface area (Å²) in [6.07, 6.45) is 10.8. The van der Waals surface area contributed by atoms with Crippen LogP contribution >= 0.6 is 0 Å². The summed E-state index contributed by atoms with van der Waals surface area (Å²) in [4.78, 5) is 16.4. The maximum absolute atomic E-state index is 13.7. The summed E-state index contributed by atoms with van der Waals surface area (Å²) in [6, 6.07) is 4.50. The van der Waals surface area contributed by atoms with E-state index in [2.05, 4.69) is 26.4 Å². The second-order valence-corrected chi connectivity index (χ2v) is 6.28. The zero-order valence-electron chi connectivity index (χ0n) is 14.6. The Morgan fingerprint density at radius 3 is 2.85 bits per heavy atom. The summed E-state index contributed by atoms with van der Waals surface area (Å²) in [5.41, 5.74) is 1.00. The van der Waals surface area contributed by atoms with Gasteiger partial charge in [0, 0.05) is 44.6 Å². The fourth-order valence-electron chi connectivity index (χ4n) is 2.83. The van der Waals surface area contributed by atoms with Gasteiger partial charge in [-0.25, -0.2) is 9.37 Å². The van der Waals surface area contributed by atoms with Crippen molar-refractivity contribution >= 4 is 5.91 Å². The van der Waals surface area contributed by atoms with Crippen molar-refractivity contribution in [3.8, 4) is 18.0 Å². The SMILES string of the molecule is C#CCCC1(CCC(=O)NCc2cc(F)ccc2-n2ccnc2C)N=N1. The Hall–Kier alpha value is -3.01. The molecule has 1 aromatic carbocycles. The molecule has 1 aliphatic rings. The molecule has 0 saturated heterocycles. The molecule has 0 unspecified atom stereocenters. The van der Waals surface area contributed by atoms with Gasteiger partial charge in [-0.05, 0) is 30.7 Å². The lowest BCUT2D eigenvalue weighted by atomic mass is 10.0. The van der Waals surface area contributed by atoms with E-state index in [1.165, 1.54) is 12.1 Å². The number of amides is 1. The van der Waals surface area contributed by atoms with Crippen LogP contribution in [-0.4, -0.2) is 21.1 Å². The van der Waals surface area contributed by atoms with Gasteiger partial charge in [-0.3, -0.25) is 4.79 Å². The number of nitrogens with zero attached hydrogens (tertiary/aromatic N) is 4. The van der Waals surface area contributed by atoms with E-state index in [0.717, 1.165) is 11.5 Å². The van der Waals surface area contributed by atoms with Crippen LogP contribution in [0.3, 0.4) is 0 Å². The van der Waals surface area contributed by atoms with E-state index in [0.29, 0.717) is 31.2 Å². The molecule has 1 N–H and O–H groups in total. The second kappa shape index (κ2) is 7.48. The first kappa shape index (κ1) is 17.8. The van der Waals surface area contributed by atoms with Gasteiger partial charge in [0.1, 0.15) is 11.6 Å². The number of hydrogen-bond acceptors (Lipinski definition) is 4. The summed E-state index contributed by atoms with van der Waals surface area (Å²) >= 11 is 0. The van der Waals surface area contributed by atoms with E-state index in [1.54, 1.807) is 18.5 Å². The number of aromatic nitrogens is 2. The molecule has 6 nitrogen and oxygen atoms in total. The second-order valence-electron chi connectivity index (χ2n) is 6.28. The summed E-state index contributed by atoms with van der Waals surface area (Å²) in [6.45, 7) is 2.10. The quantitative estimate of drug-likeness (QED) is 0.740. The molecule has 0 bridgehead atoms. The number of benzene rings is 1. The van der Waals surface area contributed by atoms with Crippen molar-refractivity contribution in [1.82, 2.24) is 14.9 Å². The zero-order valence-corrected chi connectivity index (χ0v) is 14.6. The van der Waals surface area contributed by atoms with Crippen molar-refractivity contribution in [2.75, 3.05) is 0 Å². The van der Waals surface area contributed by atoms with Gasteiger partial charge in [-0.15, -0.1) is 12.3 Å². The molecule has 0 atom stereocenters. The standard InChI is InChI=1S/C19H20FN5O/c1-3-4-8-19(23-24-19)9-7-18(26)22-13-15-12-16(20)5-6-17(15)25-11-10-21-14(25)2/h1,5-6,10-12H,4,7-9,13H2,2H3,(H,22,26). The molecule has 0 radical (unpaired) electrons. The molecule has 0 spiro atoms. The van der Waals surface area contributed by atoms with Gasteiger partial charge in [-0.1, -0.05) is 0 Å². The highest BCUT2D eigenvalue weighted by Crippen LogP contribution is 2.37. The normalized spacial score (nSPS) is 14.0. The number of carbonyl (C=O) groups is 1. The Labute approximate surface area is 151 Å². The molecule has 134 valence electrons. The van der Waals surface area contributed by atoms with Gasteiger partial charge in [0.15, 0.2) is 5.66 Å². The average molecular weight is 353 g/mol. The molecule has 1 aliphatic heterocycles. The molecule has 1 amide bonds. The number of aryl methyl sites for hydroxylation is 1. The van der Waals surface area contributed by atoms with Crippen molar-refractivity contribution in [3.05, 3.63) is 47.8 Å². The number of carbonyl (C=O) groups excluding carboxylic acids is 1. The van der Waals surface area contributed by atoms with Crippen molar-refractivity contribution in [1.29, 1.82) is 0 Å². The molecule has 0 fully saturated rings. The highest BCUT2D eigenvalue weighted by Gasteiger charge is 2.39. The van der Waals surface area contributed by atoms with Crippen LogP contribution in [-0.2, 0) is 11.3 Å². The first-order chi connectivity index (χ1) is 12.5. The van der Waals surface area contributed by atoms with Gasteiger partial charge < -0.3 is 9.88 Å². The van der Waals surface area contributed by atoms with Gasteiger partial charge in [-0.2, -0.15) is 10.2 Å². The number of rotatable bonds is 8. The molecule has 2 heterocycles.